The van der Waals surface area contributed by atoms with Gasteiger partial charge in [-0.05, 0) is 22.0 Å². The molecule has 0 amide bonds. The summed E-state index contributed by atoms with van der Waals surface area (Å²) in [5.41, 5.74) is 0. The van der Waals surface area contributed by atoms with Gasteiger partial charge in [0.05, 0.1) is 6.10 Å². The molecular formula is C25H24OSi. The van der Waals surface area contributed by atoms with Gasteiger partial charge in [0, 0.05) is 6.42 Å². The predicted octanol–water partition coefficient (Wildman–Crippen LogP) is 3.64. The van der Waals surface area contributed by atoms with E-state index in [1.54, 1.807) is 0 Å². The molecule has 0 aliphatic heterocycles. The standard InChI is InChI=1S/C25H24OSi/c1-3-5-15-22(4-2)26-27(23-16-9-6-10-17-23,24-18-11-7-12-19-24)25-20-13-8-14-21-25/h1,4,6-14,16-22H,2,5,15H2. The highest BCUT2D eigenvalue weighted by Gasteiger charge is 2.43. The highest BCUT2D eigenvalue weighted by Crippen LogP contribution is 2.15. The molecule has 0 aliphatic carbocycles. The summed E-state index contributed by atoms with van der Waals surface area (Å²) < 4.78 is 6.97. The van der Waals surface area contributed by atoms with Crippen molar-refractivity contribution >= 4 is 23.9 Å². The van der Waals surface area contributed by atoms with E-state index in [4.69, 9.17) is 10.8 Å². The van der Waals surface area contributed by atoms with Gasteiger partial charge in [0.1, 0.15) is 0 Å². The first-order chi connectivity index (χ1) is 13.3. The van der Waals surface area contributed by atoms with Gasteiger partial charge in [0.2, 0.25) is 0 Å². The van der Waals surface area contributed by atoms with Crippen molar-refractivity contribution < 1.29 is 4.43 Å². The first-order valence-corrected chi connectivity index (χ1v) is 11.1. The van der Waals surface area contributed by atoms with Crippen molar-refractivity contribution in [1.29, 1.82) is 0 Å². The van der Waals surface area contributed by atoms with Crippen molar-refractivity contribution in [3.8, 4) is 12.3 Å². The van der Waals surface area contributed by atoms with Gasteiger partial charge in [0.15, 0.2) is 0 Å². The van der Waals surface area contributed by atoms with E-state index >= 15 is 0 Å². The molecule has 0 aliphatic rings. The molecule has 27 heavy (non-hydrogen) atoms. The van der Waals surface area contributed by atoms with Crippen LogP contribution in [0.5, 0.6) is 0 Å². The summed E-state index contributed by atoms with van der Waals surface area (Å²) in [5, 5.41) is 3.65. The average molecular weight is 369 g/mol. The lowest BCUT2D eigenvalue weighted by atomic mass is 10.2. The van der Waals surface area contributed by atoms with Crippen molar-refractivity contribution in [2.75, 3.05) is 0 Å². The van der Waals surface area contributed by atoms with Crippen LogP contribution in [-0.4, -0.2) is 14.4 Å². The summed E-state index contributed by atoms with van der Waals surface area (Å²) in [4.78, 5) is 0. The summed E-state index contributed by atoms with van der Waals surface area (Å²) >= 11 is 0. The van der Waals surface area contributed by atoms with Crippen molar-refractivity contribution in [1.82, 2.24) is 0 Å². The third kappa shape index (κ3) is 4.11. The molecule has 0 radical (unpaired) electrons. The van der Waals surface area contributed by atoms with Crippen molar-refractivity contribution in [3.05, 3.63) is 104 Å². The van der Waals surface area contributed by atoms with Gasteiger partial charge < -0.3 is 4.43 Å². The van der Waals surface area contributed by atoms with Crippen LogP contribution in [-0.2, 0) is 4.43 Å². The normalized spacial score (nSPS) is 12.1. The van der Waals surface area contributed by atoms with Crippen LogP contribution in [0.3, 0.4) is 0 Å². The fourth-order valence-corrected chi connectivity index (χ4v) is 7.46. The van der Waals surface area contributed by atoms with Gasteiger partial charge in [-0.1, -0.05) is 97.1 Å². The van der Waals surface area contributed by atoms with E-state index in [0.29, 0.717) is 6.42 Å². The lowest BCUT2D eigenvalue weighted by molar-refractivity contribution is 0.243. The van der Waals surface area contributed by atoms with Crippen LogP contribution >= 0.6 is 0 Å². The number of terminal acetylenes is 1. The van der Waals surface area contributed by atoms with Crippen LogP contribution in [0.15, 0.2) is 104 Å². The first kappa shape index (κ1) is 18.9. The Hall–Kier alpha value is -2.86. The molecule has 3 aromatic carbocycles. The van der Waals surface area contributed by atoms with E-state index < -0.39 is 8.32 Å². The Labute approximate surface area is 163 Å². The monoisotopic (exact) mass is 368 g/mol. The molecule has 1 nitrogen and oxygen atoms in total. The van der Waals surface area contributed by atoms with E-state index in [2.05, 4.69) is 85.3 Å². The molecular weight excluding hydrogens is 344 g/mol. The minimum absolute atomic E-state index is 0.103. The average Bonchev–Trinajstić information content (AvgIpc) is 2.76. The minimum Gasteiger partial charge on any atom is -0.398 e. The van der Waals surface area contributed by atoms with E-state index in [1.807, 2.05) is 24.3 Å². The second-order valence-electron chi connectivity index (χ2n) is 6.41. The Balaban J connectivity index is 2.22. The topological polar surface area (TPSA) is 9.23 Å². The maximum Gasteiger partial charge on any atom is 0.288 e. The van der Waals surface area contributed by atoms with Gasteiger partial charge in [-0.15, -0.1) is 18.9 Å². The number of rotatable bonds is 8. The van der Waals surface area contributed by atoms with Crippen LogP contribution in [0, 0.1) is 12.3 Å². The van der Waals surface area contributed by atoms with E-state index in [1.165, 1.54) is 15.6 Å². The zero-order chi connectivity index (χ0) is 19.0. The fraction of sp³-hybridized carbons (Fsp3) is 0.120. The lowest BCUT2D eigenvalue weighted by Crippen LogP contribution is -2.70. The van der Waals surface area contributed by atoms with Crippen molar-refractivity contribution in [3.63, 3.8) is 0 Å². The Morgan fingerprint density at radius 3 is 1.56 bits per heavy atom. The molecule has 134 valence electrons. The maximum absolute atomic E-state index is 6.97. The first-order valence-electron chi connectivity index (χ1n) is 9.21. The Kier molecular flexibility index (Phi) is 6.43. The molecule has 1 unspecified atom stereocenters. The molecule has 0 saturated carbocycles. The number of benzene rings is 3. The Morgan fingerprint density at radius 1 is 0.815 bits per heavy atom. The molecule has 0 heterocycles. The number of hydrogen-bond donors (Lipinski definition) is 0. The highest BCUT2D eigenvalue weighted by atomic mass is 28.4. The third-order valence-electron chi connectivity index (χ3n) is 4.71. The smallest absolute Gasteiger partial charge is 0.288 e. The fourth-order valence-electron chi connectivity index (χ4n) is 3.40. The molecule has 1 atom stereocenters. The van der Waals surface area contributed by atoms with Crippen LogP contribution < -0.4 is 15.6 Å². The third-order valence-corrected chi connectivity index (χ3v) is 8.80. The minimum atomic E-state index is -2.70. The molecule has 0 spiro atoms. The largest absolute Gasteiger partial charge is 0.398 e. The summed E-state index contributed by atoms with van der Waals surface area (Å²) in [5.74, 6) is 2.73. The molecule has 0 N–H and O–H groups in total. The van der Waals surface area contributed by atoms with Crippen LogP contribution in [0.4, 0.5) is 0 Å². The van der Waals surface area contributed by atoms with Gasteiger partial charge in [0.25, 0.3) is 8.32 Å². The van der Waals surface area contributed by atoms with E-state index in [-0.39, 0.29) is 6.10 Å². The summed E-state index contributed by atoms with van der Waals surface area (Å²) in [6.07, 6.45) is 8.71. The molecule has 0 saturated heterocycles. The molecule has 0 fully saturated rings. The number of hydrogen-bond acceptors (Lipinski definition) is 1. The summed E-state index contributed by atoms with van der Waals surface area (Å²) in [7, 11) is -2.70. The van der Waals surface area contributed by atoms with E-state index in [9.17, 15) is 0 Å². The molecule has 2 heteroatoms. The lowest BCUT2D eigenvalue weighted by Gasteiger charge is -2.35. The van der Waals surface area contributed by atoms with Gasteiger partial charge in [-0.2, -0.15) is 0 Å². The van der Waals surface area contributed by atoms with Crippen LogP contribution in [0.25, 0.3) is 0 Å². The maximum atomic E-state index is 6.97. The zero-order valence-electron chi connectivity index (χ0n) is 15.4. The second-order valence-corrected chi connectivity index (χ2v) is 9.74. The van der Waals surface area contributed by atoms with Gasteiger partial charge in [-0.25, -0.2) is 0 Å². The Bertz CT molecular complexity index is 785. The molecule has 3 rings (SSSR count). The molecule has 0 bridgehead atoms. The SMILES string of the molecule is C#CCCC(C=C)O[Si](c1ccccc1)(c1ccccc1)c1ccccc1. The van der Waals surface area contributed by atoms with Crippen molar-refractivity contribution in [2.45, 2.75) is 18.9 Å². The zero-order valence-corrected chi connectivity index (χ0v) is 16.4. The summed E-state index contributed by atoms with van der Waals surface area (Å²) in [6, 6.07) is 31.7. The highest BCUT2D eigenvalue weighted by molar-refractivity contribution is 7.07. The van der Waals surface area contributed by atoms with Gasteiger partial charge >= 0.3 is 0 Å². The second kappa shape index (κ2) is 9.18. The Morgan fingerprint density at radius 2 is 1.22 bits per heavy atom. The molecule has 0 aromatic heterocycles. The quantitative estimate of drug-likeness (QED) is 0.255. The van der Waals surface area contributed by atoms with Crippen LogP contribution in [0.1, 0.15) is 12.8 Å². The van der Waals surface area contributed by atoms with E-state index in [0.717, 1.165) is 6.42 Å². The van der Waals surface area contributed by atoms with Gasteiger partial charge in [-0.3, -0.25) is 0 Å². The molecule has 3 aromatic rings. The predicted molar refractivity (Wildman–Crippen MR) is 117 cm³/mol. The summed E-state index contributed by atoms with van der Waals surface area (Å²) in [6.45, 7) is 4.01. The van der Waals surface area contributed by atoms with Crippen molar-refractivity contribution in [2.24, 2.45) is 0 Å². The van der Waals surface area contributed by atoms with Crippen LogP contribution in [0.2, 0.25) is 0 Å².